The molecule has 0 bridgehead atoms. The molecule has 0 unspecified atom stereocenters. The molecule has 0 saturated carbocycles. The van der Waals surface area contributed by atoms with Gasteiger partial charge in [-0.25, -0.2) is 4.79 Å². The molecule has 1 aromatic carbocycles. The standard InChI is InChI=1S/C22H29N5O3/c1-3-30-17-9-7-16(8-10-17)23-22(29)27-14-11-19-18(15-27)20(24-25(19)2)21(28)26-12-5-4-6-13-26/h7-10H,3-6,11-15H2,1-2H3,(H,23,29). The van der Waals surface area contributed by atoms with Gasteiger partial charge < -0.3 is 19.9 Å². The van der Waals surface area contributed by atoms with Crippen molar-refractivity contribution in [2.24, 2.45) is 7.05 Å². The van der Waals surface area contributed by atoms with E-state index in [2.05, 4.69) is 10.4 Å². The molecule has 0 radical (unpaired) electrons. The third-order valence-corrected chi connectivity index (χ3v) is 5.79. The number of aromatic nitrogens is 2. The van der Waals surface area contributed by atoms with Gasteiger partial charge in [-0.3, -0.25) is 9.48 Å². The molecule has 8 heteroatoms. The van der Waals surface area contributed by atoms with Gasteiger partial charge in [0.2, 0.25) is 0 Å². The lowest BCUT2D eigenvalue weighted by Gasteiger charge is -2.29. The van der Waals surface area contributed by atoms with Gasteiger partial charge in [0.15, 0.2) is 5.69 Å². The number of fused-ring (bicyclic) bond motifs is 1. The number of carbonyl (C=O) groups excluding carboxylic acids is 2. The normalized spacial score (nSPS) is 16.2. The Kier molecular flexibility index (Phi) is 5.92. The molecular formula is C22H29N5O3. The van der Waals surface area contributed by atoms with Crippen molar-refractivity contribution >= 4 is 17.6 Å². The summed E-state index contributed by atoms with van der Waals surface area (Å²) < 4.78 is 7.24. The first-order chi connectivity index (χ1) is 14.6. The van der Waals surface area contributed by atoms with E-state index in [-0.39, 0.29) is 11.9 Å². The van der Waals surface area contributed by atoms with Gasteiger partial charge in [0.05, 0.1) is 13.2 Å². The molecule has 2 aliphatic rings. The molecule has 1 N–H and O–H groups in total. The van der Waals surface area contributed by atoms with Gasteiger partial charge >= 0.3 is 6.03 Å². The summed E-state index contributed by atoms with van der Waals surface area (Å²) in [6, 6.07) is 7.15. The molecule has 0 atom stereocenters. The first kappa shape index (κ1) is 20.3. The minimum absolute atomic E-state index is 0.0136. The minimum atomic E-state index is -0.176. The van der Waals surface area contributed by atoms with Crippen molar-refractivity contribution in [3.63, 3.8) is 0 Å². The van der Waals surface area contributed by atoms with Gasteiger partial charge in [0.1, 0.15) is 5.75 Å². The van der Waals surface area contributed by atoms with Crippen LogP contribution in [0, 0.1) is 0 Å². The Morgan fingerprint density at radius 2 is 1.80 bits per heavy atom. The number of likely N-dealkylation sites (tertiary alicyclic amines) is 1. The Bertz CT molecular complexity index is 916. The molecule has 4 rings (SSSR count). The van der Waals surface area contributed by atoms with Crippen LogP contribution in [0.25, 0.3) is 0 Å². The molecule has 0 aliphatic carbocycles. The topological polar surface area (TPSA) is 79.7 Å². The van der Waals surface area contributed by atoms with Crippen molar-refractivity contribution in [3.05, 3.63) is 41.2 Å². The quantitative estimate of drug-likeness (QED) is 0.839. The highest BCUT2D eigenvalue weighted by Gasteiger charge is 2.31. The predicted molar refractivity (Wildman–Crippen MR) is 114 cm³/mol. The summed E-state index contributed by atoms with van der Waals surface area (Å²) in [5.41, 5.74) is 3.12. The summed E-state index contributed by atoms with van der Waals surface area (Å²) in [4.78, 5) is 29.5. The number of rotatable bonds is 4. The van der Waals surface area contributed by atoms with Crippen molar-refractivity contribution in [2.45, 2.75) is 39.2 Å². The lowest BCUT2D eigenvalue weighted by molar-refractivity contribution is 0.0715. The fourth-order valence-electron chi connectivity index (χ4n) is 4.19. The SMILES string of the molecule is CCOc1ccc(NC(=O)N2CCc3c(c(C(=O)N4CCCCC4)nn3C)C2)cc1. The molecule has 1 aromatic heterocycles. The number of hydrogen-bond donors (Lipinski definition) is 1. The van der Waals surface area contributed by atoms with Crippen molar-refractivity contribution in [2.75, 3.05) is 31.6 Å². The molecule has 1 saturated heterocycles. The molecule has 3 heterocycles. The van der Waals surface area contributed by atoms with E-state index in [1.807, 2.05) is 43.1 Å². The van der Waals surface area contributed by atoms with E-state index in [1.54, 1.807) is 9.58 Å². The number of carbonyl (C=O) groups is 2. The number of nitrogens with zero attached hydrogens (tertiary/aromatic N) is 4. The second kappa shape index (κ2) is 8.77. The number of anilines is 1. The molecule has 160 valence electrons. The van der Waals surface area contributed by atoms with Gasteiger partial charge in [-0.05, 0) is 50.5 Å². The maximum atomic E-state index is 13.1. The van der Waals surface area contributed by atoms with E-state index in [1.165, 1.54) is 6.42 Å². The maximum absolute atomic E-state index is 13.1. The second-order valence-electron chi connectivity index (χ2n) is 7.81. The molecule has 2 aliphatic heterocycles. The fourth-order valence-corrected chi connectivity index (χ4v) is 4.19. The van der Waals surface area contributed by atoms with Crippen LogP contribution in [-0.2, 0) is 20.0 Å². The summed E-state index contributed by atoms with van der Waals surface area (Å²) in [5.74, 6) is 0.759. The van der Waals surface area contributed by atoms with Gasteiger partial charge in [-0.1, -0.05) is 0 Å². The van der Waals surface area contributed by atoms with Crippen LogP contribution < -0.4 is 10.1 Å². The van der Waals surface area contributed by atoms with Gasteiger partial charge in [-0.2, -0.15) is 5.10 Å². The van der Waals surface area contributed by atoms with E-state index < -0.39 is 0 Å². The molecule has 2 aromatic rings. The molecular weight excluding hydrogens is 382 g/mol. The summed E-state index contributed by atoms with van der Waals surface area (Å²) in [6.45, 7) is 5.08. The Labute approximate surface area is 176 Å². The van der Waals surface area contributed by atoms with Crippen molar-refractivity contribution in [1.29, 1.82) is 0 Å². The number of benzene rings is 1. The van der Waals surface area contributed by atoms with Crippen molar-refractivity contribution in [3.8, 4) is 5.75 Å². The Morgan fingerprint density at radius 1 is 1.07 bits per heavy atom. The van der Waals surface area contributed by atoms with Crippen molar-refractivity contribution < 1.29 is 14.3 Å². The number of piperidine rings is 1. The Balaban J connectivity index is 1.47. The predicted octanol–water partition coefficient (Wildman–Crippen LogP) is 3.04. The lowest BCUT2D eigenvalue weighted by Crippen LogP contribution is -2.40. The summed E-state index contributed by atoms with van der Waals surface area (Å²) in [7, 11) is 1.88. The number of hydrogen-bond acceptors (Lipinski definition) is 4. The van der Waals surface area contributed by atoms with E-state index in [4.69, 9.17) is 4.74 Å². The summed E-state index contributed by atoms with van der Waals surface area (Å²) >= 11 is 0. The van der Waals surface area contributed by atoms with Crippen LogP contribution in [0.2, 0.25) is 0 Å². The summed E-state index contributed by atoms with van der Waals surface area (Å²) in [6.07, 6.45) is 3.93. The number of urea groups is 1. The number of aryl methyl sites for hydroxylation is 1. The van der Waals surface area contributed by atoms with Gasteiger partial charge in [-0.15, -0.1) is 0 Å². The van der Waals surface area contributed by atoms with Crippen LogP contribution in [0.5, 0.6) is 5.75 Å². The van der Waals surface area contributed by atoms with E-state index >= 15 is 0 Å². The highest BCUT2D eigenvalue weighted by Crippen LogP contribution is 2.25. The average molecular weight is 412 g/mol. The Morgan fingerprint density at radius 3 is 2.50 bits per heavy atom. The third-order valence-electron chi connectivity index (χ3n) is 5.79. The van der Waals surface area contributed by atoms with Crippen LogP contribution in [0.3, 0.4) is 0 Å². The monoisotopic (exact) mass is 411 g/mol. The van der Waals surface area contributed by atoms with E-state index in [9.17, 15) is 9.59 Å². The molecule has 0 spiro atoms. The van der Waals surface area contributed by atoms with Crippen molar-refractivity contribution in [1.82, 2.24) is 19.6 Å². The first-order valence-corrected chi connectivity index (χ1v) is 10.7. The van der Waals surface area contributed by atoms with E-state index in [0.717, 1.165) is 42.9 Å². The second-order valence-corrected chi connectivity index (χ2v) is 7.81. The molecule has 3 amide bonds. The highest BCUT2D eigenvalue weighted by molar-refractivity contribution is 5.95. The third kappa shape index (κ3) is 4.13. The average Bonchev–Trinajstić information content (AvgIpc) is 3.11. The first-order valence-electron chi connectivity index (χ1n) is 10.7. The lowest BCUT2D eigenvalue weighted by atomic mass is 10.0. The number of nitrogens with one attached hydrogen (secondary N) is 1. The maximum Gasteiger partial charge on any atom is 0.322 e. The van der Waals surface area contributed by atoms with Crippen LogP contribution in [0.1, 0.15) is 47.9 Å². The van der Waals surface area contributed by atoms with Gasteiger partial charge in [0, 0.05) is 50.0 Å². The van der Waals surface area contributed by atoms with Gasteiger partial charge in [0.25, 0.3) is 5.91 Å². The largest absolute Gasteiger partial charge is 0.494 e. The van der Waals surface area contributed by atoms with E-state index in [0.29, 0.717) is 37.5 Å². The van der Waals surface area contributed by atoms with Crippen LogP contribution in [0.4, 0.5) is 10.5 Å². The molecule has 8 nitrogen and oxygen atoms in total. The zero-order valence-corrected chi connectivity index (χ0v) is 17.7. The van der Waals surface area contributed by atoms with Crippen LogP contribution in [-0.4, -0.2) is 57.8 Å². The fraction of sp³-hybridized carbons (Fsp3) is 0.500. The molecule has 30 heavy (non-hydrogen) atoms. The number of amides is 3. The smallest absolute Gasteiger partial charge is 0.322 e. The minimum Gasteiger partial charge on any atom is -0.494 e. The zero-order valence-electron chi connectivity index (χ0n) is 17.7. The number of ether oxygens (including phenoxy) is 1. The van der Waals surface area contributed by atoms with Crippen LogP contribution in [0.15, 0.2) is 24.3 Å². The van der Waals surface area contributed by atoms with Crippen LogP contribution >= 0.6 is 0 Å². The highest BCUT2D eigenvalue weighted by atomic mass is 16.5. The molecule has 1 fully saturated rings. The Hall–Kier alpha value is -3.03. The zero-order chi connectivity index (χ0) is 21.1. The summed E-state index contributed by atoms with van der Waals surface area (Å²) in [5, 5.41) is 7.47.